The second kappa shape index (κ2) is 8.35. The fourth-order valence-electron chi connectivity index (χ4n) is 2.40. The second-order valence-corrected chi connectivity index (χ2v) is 5.46. The highest BCUT2D eigenvalue weighted by Crippen LogP contribution is 2.10. The van der Waals surface area contributed by atoms with E-state index in [-0.39, 0.29) is 11.7 Å². The van der Waals surface area contributed by atoms with Gasteiger partial charge in [-0.1, -0.05) is 50.1 Å². The molecule has 0 radical (unpaired) electrons. The van der Waals surface area contributed by atoms with Crippen LogP contribution in [0.2, 0.25) is 0 Å². The average molecular weight is 282 g/mol. The molecule has 0 aromatic carbocycles. The lowest BCUT2D eigenvalue weighted by Crippen LogP contribution is -2.33. The van der Waals surface area contributed by atoms with E-state index in [2.05, 4.69) is 23.6 Å². The first-order valence-corrected chi connectivity index (χ1v) is 7.86. The molecule has 0 unspecified atom stereocenters. The van der Waals surface area contributed by atoms with Crippen molar-refractivity contribution in [3.8, 4) is 0 Å². The van der Waals surface area contributed by atoms with Gasteiger partial charge in [0.2, 0.25) is 0 Å². The maximum Gasteiger partial charge on any atom is 0.191 e. The topological polar surface area (TPSA) is 20.9 Å². The first-order chi connectivity index (χ1) is 10.3. The quantitative estimate of drug-likeness (QED) is 0.305. The van der Waals surface area contributed by atoms with Gasteiger partial charge in [-0.25, -0.2) is 4.57 Å². The Kier molecular flexibility index (Phi) is 6.14. The molecule has 0 spiro atoms. The zero-order valence-electron chi connectivity index (χ0n) is 12.7. The average Bonchev–Trinajstić information content (AvgIpc) is 3.03. The van der Waals surface area contributed by atoms with Crippen molar-refractivity contribution in [3.05, 3.63) is 66.5 Å². The Hall–Kier alpha value is -1.96. The van der Waals surface area contributed by atoms with Crippen LogP contribution in [0.1, 0.15) is 43.0 Å². The number of nitrogens with zero attached hydrogens (tertiary/aromatic N) is 1. The summed E-state index contributed by atoms with van der Waals surface area (Å²) in [6.45, 7) is 3.20. The highest BCUT2D eigenvalue weighted by molar-refractivity contribution is 6.04. The normalized spacial score (nSPS) is 14.3. The Bertz CT molecular complexity index is 542. The summed E-state index contributed by atoms with van der Waals surface area (Å²) in [6.07, 6.45) is 20.7. The summed E-state index contributed by atoms with van der Waals surface area (Å²) in [5, 5.41) is 0. The van der Waals surface area contributed by atoms with Crippen molar-refractivity contribution >= 4 is 5.78 Å². The SMILES string of the molecule is CCCCCC[n+]1cccc(C(=O)/C=C/C2C=CC=C2)c1. The molecule has 1 aromatic heterocycles. The van der Waals surface area contributed by atoms with E-state index in [0.717, 1.165) is 12.1 Å². The number of carbonyl (C=O) groups is 1. The molecule has 0 saturated heterocycles. The lowest BCUT2D eigenvalue weighted by Gasteiger charge is -1.99. The molecule has 1 aliphatic rings. The van der Waals surface area contributed by atoms with E-state index in [4.69, 9.17) is 0 Å². The van der Waals surface area contributed by atoms with Gasteiger partial charge in [0, 0.05) is 18.4 Å². The van der Waals surface area contributed by atoms with Crippen molar-refractivity contribution in [2.24, 2.45) is 5.92 Å². The lowest BCUT2D eigenvalue weighted by atomic mass is 10.1. The minimum atomic E-state index is 0.0756. The van der Waals surface area contributed by atoms with Crippen molar-refractivity contribution in [3.63, 3.8) is 0 Å². The molecule has 2 rings (SSSR count). The number of ketones is 1. The predicted molar refractivity (Wildman–Crippen MR) is 86.0 cm³/mol. The van der Waals surface area contributed by atoms with Gasteiger partial charge < -0.3 is 0 Å². The summed E-state index contributed by atoms with van der Waals surface area (Å²) >= 11 is 0. The number of hydrogen-bond donors (Lipinski definition) is 0. The van der Waals surface area contributed by atoms with Crippen molar-refractivity contribution in [2.75, 3.05) is 0 Å². The molecule has 0 fully saturated rings. The molecule has 0 aliphatic heterocycles. The van der Waals surface area contributed by atoms with Gasteiger partial charge in [0.1, 0.15) is 6.54 Å². The van der Waals surface area contributed by atoms with E-state index >= 15 is 0 Å². The second-order valence-electron chi connectivity index (χ2n) is 5.46. The molecule has 1 aromatic rings. The molecule has 0 bridgehead atoms. The molecular weight excluding hydrogens is 258 g/mol. The Labute approximate surface area is 127 Å². The molecule has 21 heavy (non-hydrogen) atoms. The smallest absolute Gasteiger partial charge is 0.191 e. The summed E-state index contributed by atoms with van der Waals surface area (Å²) < 4.78 is 2.12. The van der Waals surface area contributed by atoms with Crippen LogP contribution in [0, 0.1) is 5.92 Å². The van der Waals surface area contributed by atoms with Gasteiger partial charge in [0.15, 0.2) is 18.2 Å². The van der Waals surface area contributed by atoms with Gasteiger partial charge in [-0.2, -0.15) is 0 Å². The Morgan fingerprint density at radius 3 is 2.81 bits per heavy atom. The van der Waals surface area contributed by atoms with Crippen LogP contribution in [0.25, 0.3) is 0 Å². The Balaban J connectivity index is 1.91. The van der Waals surface area contributed by atoms with Gasteiger partial charge in [0.25, 0.3) is 0 Å². The van der Waals surface area contributed by atoms with Gasteiger partial charge in [-0.3, -0.25) is 4.79 Å². The monoisotopic (exact) mass is 282 g/mol. The van der Waals surface area contributed by atoms with Crippen LogP contribution < -0.4 is 4.57 Å². The van der Waals surface area contributed by atoms with E-state index < -0.39 is 0 Å². The Morgan fingerprint density at radius 2 is 2.05 bits per heavy atom. The first kappa shape index (κ1) is 15.4. The zero-order chi connectivity index (χ0) is 14.9. The number of hydrogen-bond acceptors (Lipinski definition) is 1. The highest BCUT2D eigenvalue weighted by Gasteiger charge is 2.08. The minimum Gasteiger partial charge on any atom is -0.289 e. The van der Waals surface area contributed by atoms with Crippen molar-refractivity contribution < 1.29 is 9.36 Å². The first-order valence-electron chi connectivity index (χ1n) is 7.86. The predicted octanol–water partition coefficient (Wildman–Crippen LogP) is 4.04. The minimum absolute atomic E-state index is 0.0756. The van der Waals surface area contributed by atoms with Crippen LogP contribution in [0.3, 0.4) is 0 Å². The molecule has 0 saturated carbocycles. The van der Waals surface area contributed by atoms with Crippen molar-refractivity contribution in [1.29, 1.82) is 0 Å². The summed E-state index contributed by atoms with van der Waals surface area (Å²) in [4.78, 5) is 12.2. The lowest BCUT2D eigenvalue weighted by molar-refractivity contribution is -0.697. The maximum absolute atomic E-state index is 12.2. The third-order valence-corrected chi connectivity index (χ3v) is 3.66. The van der Waals surface area contributed by atoms with Crippen molar-refractivity contribution in [1.82, 2.24) is 0 Å². The molecule has 2 nitrogen and oxygen atoms in total. The van der Waals surface area contributed by atoms with Crippen LogP contribution in [-0.4, -0.2) is 5.78 Å². The van der Waals surface area contributed by atoms with Crippen LogP contribution in [0.5, 0.6) is 0 Å². The molecule has 0 amide bonds. The van der Waals surface area contributed by atoms with E-state index in [1.807, 2.05) is 42.8 Å². The third kappa shape index (κ3) is 5.14. The molecular formula is C19H24NO+. The van der Waals surface area contributed by atoms with Gasteiger partial charge in [-0.15, -0.1) is 0 Å². The molecule has 1 aliphatic carbocycles. The number of pyridine rings is 1. The largest absolute Gasteiger partial charge is 0.289 e. The number of carbonyl (C=O) groups excluding carboxylic acids is 1. The van der Waals surface area contributed by atoms with Crippen LogP contribution >= 0.6 is 0 Å². The zero-order valence-corrected chi connectivity index (χ0v) is 12.7. The Morgan fingerprint density at radius 1 is 1.24 bits per heavy atom. The van der Waals surface area contributed by atoms with Crippen LogP contribution in [0.4, 0.5) is 0 Å². The molecule has 0 atom stereocenters. The van der Waals surface area contributed by atoms with E-state index in [1.54, 1.807) is 6.08 Å². The van der Waals surface area contributed by atoms with E-state index in [1.165, 1.54) is 25.7 Å². The van der Waals surface area contributed by atoms with E-state index in [9.17, 15) is 4.79 Å². The van der Waals surface area contributed by atoms with Crippen LogP contribution in [0.15, 0.2) is 61.0 Å². The number of allylic oxidation sites excluding steroid dienone is 6. The number of aryl methyl sites for hydroxylation is 1. The van der Waals surface area contributed by atoms with Gasteiger partial charge in [0.05, 0.1) is 5.56 Å². The number of unbranched alkanes of at least 4 members (excludes halogenated alkanes) is 3. The fraction of sp³-hybridized carbons (Fsp3) is 0.368. The molecule has 110 valence electrons. The van der Waals surface area contributed by atoms with Crippen molar-refractivity contribution in [2.45, 2.75) is 39.2 Å². The number of rotatable bonds is 8. The summed E-state index contributed by atoms with van der Waals surface area (Å²) in [5.41, 5.74) is 0.759. The number of aromatic nitrogens is 1. The summed E-state index contributed by atoms with van der Waals surface area (Å²) in [6, 6.07) is 3.84. The highest BCUT2D eigenvalue weighted by atomic mass is 16.1. The summed E-state index contributed by atoms with van der Waals surface area (Å²) in [5.74, 6) is 0.338. The standard InChI is InChI=1S/C19H24NO/c1-2-3-4-7-14-20-15-8-11-18(16-20)19(21)13-12-17-9-5-6-10-17/h5-6,8-13,15-17H,2-4,7,14H2,1H3/q+1/b13-12+. The molecule has 0 N–H and O–H groups in total. The maximum atomic E-state index is 12.2. The van der Waals surface area contributed by atoms with Gasteiger partial charge in [-0.05, 0) is 18.6 Å². The third-order valence-electron chi connectivity index (χ3n) is 3.66. The molecule has 1 heterocycles. The van der Waals surface area contributed by atoms with E-state index in [0.29, 0.717) is 0 Å². The van der Waals surface area contributed by atoms with Crippen LogP contribution in [-0.2, 0) is 6.54 Å². The fourth-order valence-corrected chi connectivity index (χ4v) is 2.40. The molecule has 2 heteroatoms. The summed E-state index contributed by atoms with van der Waals surface area (Å²) in [7, 11) is 0. The van der Waals surface area contributed by atoms with Gasteiger partial charge >= 0.3 is 0 Å².